The van der Waals surface area contributed by atoms with Gasteiger partial charge in [0.15, 0.2) is 5.65 Å². The number of hydrogen-bond acceptors (Lipinski definition) is 4. The van der Waals surface area contributed by atoms with E-state index in [-0.39, 0.29) is 18.0 Å². The number of pyridine rings is 1. The number of nitrogens with zero attached hydrogens (tertiary/aromatic N) is 4. The third kappa shape index (κ3) is 1.86. The van der Waals surface area contributed by atoms with Crippen LogP contribution in [0.2, 0.25) is 0 Å². The predicted octanol–water partition coefficient (Wildman–Crippen LogP) is 0.689. The van der Waals surface area contributed by atoms with E-state index in [4.69, 9.17) is 5.73 Å². The van der Waals surface area contributed by atoms with Crippen LogP contribution < -0.4 is 5.73 Å². The SMILES string of the molecule is Cc1nn(CC(=O)N2C[C@@H]3CC[C@]3(N)C2)c2ncccc12. The van der Waals surface area contributed by atoms with E-state index in [2.05, 4.69) is 10.1 Å². The molecule has 1 aliphatic carbocycles. The van der Waals surface area contributed by atoms with Crippen molar-refractivity contribution in [3.63, 3.8) is 0 Å². The van der Waals surface area contributed by atoms with Gasteiger partial charge in [0.1, 0.15) is 6.54 Å². The number of carbonyl (C=O) groups is 1. The van der Waals surface area contributed by atoms with Crippen LogP contribution in [0.25, 0.3) is 11.0 Å². The minimum Gasteiger partial charge on any atom is -0.339 e. The van der Waals surface area contributed by atoms with Gasteiger partial charge in [0, 0.05) is 30.2 Å². The summed E-state index contributed by atoms with van der Waals surface area (Å²) in [7, 11) is 0. The summed E-state index contributed by atoms with van der Waals surface area (Å²) in [5.74, 6) is 0.569. The van der Waals surface area contributed by atoms with Crippen molar-refractivity contribution in [3.05, 3.63) is 24.0 Å². The quantitative estimate of drug-likeness (QED) is 0.880. The Labute approximate surface area is 122 Å². The number of aromatic nitrogens is 3. The van der Waals surface area contributed by atoms with Crippen molar-refractivity contribution in [2.45, 2.75) is 31.8 Å². The zero-order chi connectivity index (χ0) is 14.6. The fraction of sp³-hybridized carbons (Fsp3) is 0.533. The number of likely N-dealkylation sites (tertiary alicyclic amines) is 1. The summed E-state index contributed by atoms with van der Waals surface area (Å²) in [6, 6.07) is 3.87. The molecule has 0 radical (unpaired) electrons. The lowest BCUT2D eigenvalue weighted by Crippen LogP contribution is -2.54. The number of amides is 1. The minimum absolute atomic E-state index is 0.0873. The van der Waals surface area contributed by atoms with E-state index in [1.165, 1.54) is 0 Å². The molecule has 2 fully saturated rings. The maximum atomic E-state index is 12.5. The van der Waals surface area contributed by atoms with Gasteiger partial charge < -0.3 is 10.6 Å². The molecule has 0 aromatic carbocycles. The first kappa shape index (κ1) is 12.8. The Morgan fingerprint density at radius 2 is 2.43 bits per heavy atom. The van der Waals surface area contributed by atoms with Crippen LogP contribution in [0.4, 0.5) is 0 Å². The highest BCUT2D eigenvalue weighted by Crippen LogP contribution is 2.42. The van der Waals surface area contributed by atoms with Crippen molar-refractivity contribution < 1.29 is 4.79 Å². The van der Waals surface area contributed by atoms with Gasteiger partial charge in [-0.05, 0) is 37.8 Å². The highest BCUT2D eigenvalue weighted by atomic mass is 16.2. The molecule has 6 nitrogen and oxygen atoms in total. The fourth-order valence-corrected chi connectivity index (χ4v) is 3.58. The maximum absolute atomic E-state index is 12.5. The third-order valence-electron chi connectivity index (χ3n) is 5.03. The van der Waals surface area contributed by atoms with Crippen molar-refractivity contribution in [1.82, 2.24) is 19.7 Å². The number of fused-ring (bicyclic) bond motifs is 2. The van der Waals surface area contributed by atoms with Crippen LogP contribution in [0.5, 0.6) is 0 Å². The van der Waals surface area contributed by atoms with Crippen LogP contribution in [0, 0.1) is 12.8 Å². The number of hydrogen-bond donors (Lipinski definition) is 1. The summed E-state index contributed by atoms with van der Waals surface area (Å²) in [5.41, 5.74) is 7.84. The molecule has 2 aromatic rings. The fourth-order valence-electron chi connectivity index (χ4n) is 3.58. The highest BCUT2D eigenvalue weighted by Gasteiger charge is 2.51. The maximum Gasteiger partial charge on any atom is 0.244 e. The zero-order valence-corrected chi connectivity index (χ0v) is 12.1. The first-order chi connectivity index (χ1) is 10.1. The third-order valence-corrected chi connectivity index (χ3v) is 5.03. The molecule has 0 spiro atoms. The van der Waals surface area contributed by atoms with Gasteiger partial charge in [-0.2, -0.15) is 5.10 Å². The van der Waals surface area contributed by atoms with Crippen LogP contribution >= 0.6 is 0 Å². The lowest BCUT2D eigenvalue weighted by molar-refractivity contribution is -0.131. The van der Waals surface area contributed by atoms with E-state index < -0.39 is 0 Å². The summed E-state index contributed by atoms with van der Waals surface area (Å²) >= 11 is 0. The Hall–Kier alpha value is -1.95. The van der Waals surface area contributed by atoms with Crippen molar-refractivity contribution in [1.29, 1.82) is 0 Å². The van der Waals surface area contributed by atoms with Gasteiger partial charge in [-0.15, -0.1) is 0 Å². The normalized spacial score (nSPS) is 27.7. The molecule has 1 amide bonds. The van der Waals surface area contributed by atoms with E-state index in [0.29, 0.717) is 12.5 Å². The minimum atomic E-state index is -0.129. The molecule has 0 bridgehead atoms. The molecule has 0 unspecified atom stereocenters. The van der Waals surface area contributed by atoms with Gasteiger partial charge in [-0.25, -0.2) is 9.67 Å². The Bertz CT molecular complexity index is 724. The smallest absolute Gasteiger partial charge is 0.244 e. The molecule has 3 heterocycles. The standard InChI is InChI=1S/C15H19N5O/c1-10-12-3-2-6-17-14(12)20(18-10)8-13(21)19-7-11-4-5-15(11,16)9-19/h2-3,6,11H,4-5,7-9,16H2,1H3/t11-,15-/m0/s1. The molecule has 1 saturated heterocycles. The summed E-state index contributed by atoms with van der Waals surface area (Å²) < 4.78 is 1.70. The summed E-state index contributed by atoms with van der Waals surface area (Å²) in [4.78, 5) is 18.7. The molecule has 6 heteroatoms. The zero-order valence-electron chi connectivity index (χ0n) is 12.1. The molecular formula is C15H19N5O. The molecular weight excluding hydrogens is 266 g/mol. The van der Waals surface area contributed by atoms with Crippen molar-refractivity contribution in [3.8, 4) is 0 Å². The van der Waals surface area contributed by atoms with Crippen LogP contribution in [0.3, 0.4) is 0 Å². The molecule has 1 aliphatic heterocycles. The monoisotopic (exact) mass is 285 g/mol. The molecule has 2 atom stereocenters. The largest absolute Gasteiger partial charge is 0.339 e. The van der Waals surface area contributed by atoms with Gasteiger partial charge in [0.05, 0.1) is 5.69 Å². The van der Waals surface area contributed by atoms with E-state index >= 15 is 0 Å². The Balaban J connectivity index is 1.56. The van der Waals surface area contributed by atoms with Crippen LogP contribution in [-0.2, 0) is 11.3 Å². The Kier molecular flexibility index (Phi) is 2.60. The second kappa shape index (κ2) is 4.27. The molecule has 2 aliphatic rings. The van der Waals surface area contributed by atoms with E-state index in [1.54, 1.807) is 10.9 Å². The van der Waals surface area contributed by atoms with Crippen LogP contribution in [0.1, 0.15) is 18.5 Å². The predicted molar refractivity (Wildman–Crippen MR) is 78.5 cm³/mol. The Morgan fingerprint density at radius 3 is 3.10 bits per heavy atom. The number of aryl methyl sites for hydroxylation is 1. The molecule has 21 heavy (non-hydrogen) atoms. The summed E-state index contributed by atoms with van der Waals surface area (Å²) in [6.45, 7) is 3.66. The lowest BCUT2D eigenvalue weighted by Gasteiger charge is -2.39. The lowest BCUT2D eigenvalue weighted by atomic mass is 9.70. The second-order valence-electron chi connectivity index (χ2n) is 6.36. The van der Waals surface area contributed by atoms with E-state index in [9.17, 15) is 4.79 Å². The van der Waals surface area contributed by atoms with E-state index in [1.807, 2.05) is 24.0 Å². The summed E-state index contributed by atoms with van der Waals surface area (Å²) in [6.07, 6.45) is 3.91. The summed E-state index contributed by atoms with van der Waals surface area (Å²) in [5, 5.41) is 5.45. The van der Waals surface area contributed by atoms with Crippen molar-refractivity contribution in [2.24, 2.45) is 11.7 Å². The highest BCUT2D eigenvalue weighted by molar-refractivity contribution is 5.81. The number of carbonyl (C=O) groups excluding carboxylic acids is 1. The first-order valence-corrected chi connectivity index (χ1v) is 7.42. The van der Waals surface area contributed by atoms with Crippen molar-refractivity contribution in [2.75, 3.05) is 13.1 Å². The van der Waals surface area contributed by atoms with Crippen molar-refractivity contribution >= 4 is 16.9 Å². The average molecular weight is 285 g/mol. The van der Waals surface area contributed by atoms with Gasteiger partial charge in [-0.3, -0.25) is 4.79 Å². The van der Waals surface area contributed by atoms with Crippen LogP contribution in [-0.4, -0.2) is 44.2 Å². The second-order valence-corrected chi connectivity index (χ2v) is 6.36. The first-order valence-electron chi connectivity index (χ1n) is 7.42. The van der Waals surface area contributed by atoms with Gasteiger partial charge in [0.25, 0.3) is 0 Å². The number of nitrogens with two attached hydrogens (primary N) is 1. The van der Waals surface area contributed by atoms with Gasteiger partial charge in [0.2, 0.25) is 5.91 Å². The topological polar surface area (TPSA) is 77.0 Å². The Morgan fingerprint density at radius 1 is 1.57 bits per heavy atom. The molecule has 110 valence electrons. The average Bonchev–Trinajstić information content (AvgIpc) is 2.90. The molecule has 4 rings (SSSR count). The molecule has 2 N–H and O–H groups in total. The van der Waals surface area contributed by atoms with Gasteiger partial charge >= 0.3 is 0 Å². The molecule has 1 saturated carbocycles. The van der Waals surface area contributed by atoms with E-state index in [0.717, 1.165) is 36.1 Å². The molecule has 2 aromatic heterocycles. The van der Waals surface area contributed by atoms with Gasteiger partial charge in [-0.1, -0.05) is 0 Å². The number of rotatable bonds is 2. The van der Waals surface area contributed by atoms with Crippen LogP contribution in [0.15, 0.2) is 18.3 Å².